The van der Waals surface area contributed by atoms with Crippen LogP contribution in [0, 0.1) is 17.2 Å². The molecule has 134 valence electrons. The largest absolute Gasteiger partial charge is 0.462 e. The number of amides is 1. The first-order chi connectivity index (χ1) is 12.1. The third-order valence-electron chi connectivity index (χ3n) is 4.22. The van der Waals surface area contributed by atoms with Crippen LogP contribution in [0.1, 0.15) is 43.0 Å². The maximum atomic E-state index is 12.5. The Morgan fingerprint density at radius 1 is 1.44 bits per heavy atom. The zero-order valence-electron chi connectivity index (χ0n) is 14.7. The fourth-order valence-corrected chi connectivity index (χ4v) is 2.93. The topological polar surface area (TPSA) is 82.4 Å². The van der Waals surface area contributed by atoms with E-state index in [-0.39, 0.29) is 17.8 Å². The van der Waals surface area contributed by atoms with E-state index in [0.717, 1.165) is 25.8 Å². The van der Waals surface area contributed by atoms with Gasteiger partial charge in [-0.3, -0.25) is 4.79 Å². The predicted octanol–water partition coefficient (Wildman–Crippen LogP) is 2.82. The molecule has 1 saturated heterocycles. The number of anilines is 1. The first kappa shape index (κ1) is 18.9. The normalized spacial score (nSPS) is 17.5. The van der Waals surface area contributed by atoms with Crippen LogP contribution in [-0.4, -0.2) is 43.0 Å². The zero-order chi connectivity index (χ0) is 18.1. The van der Waals surface area contributed by atoms with Gasteiger partial charge in [0.2, 0.25) is 5.91 Å². The van der Waals surface area contributed by atoms with Gasteiger partial charge in [-0.05, 0) is 44.0 Å². The quantitative estimate of drug-likeness (QED) is 0.770. The highest BCUT2D eigenvalue weighted by atomic mass is 16.5. The third-order valence-corrected chi connectivity index (χ3v) is 4.22. The number of nitrogens with zero attached hydrogens (tertiary/aromatic N) is 2. The van der Waals surface area contributed by atoms with Gasteiger partial charge in [-0.1, -0.05) is 13.0 Å². The number of hydrogen-bond donors (Lipinski definition) is 1. The van der Waals surface area contributed by atoms with Crippen molar-refractivity contribution in [2.75, 3.05) is 31.6 Å². The van der Waals surface area contributed by atoms with Crippen molar-refractivity contribution in [1.29, 1.82) is 5.26 Å². The second kappa shape index (κ2) is 9.80. The summed E-state index contributed by atoms with van der Waals surface area (Å²) in [5, 5.41) is 11.6. The maximum Gasteiger partial charge on any atom is 0.338 e. The number of esters is 1. The van der Waals surface area contributed by atoms with Gasteiger partial charge in [-0.25, -0.2) is 4.79 Å². The molecule has 0 bridgehead atoms. The van der Waals surface area contributed by atoms with E-state index in [1.165, 1.54) is 0 Å². The minimum Gasteiger partial charge on any atom is -0.462 e. The molecule has 0 saturated carbocycles. The Kier molecular flexibility index (Phi) is 7.42. The van der Waals surface area contributed by atoms with E-state index in [1.807, 2.05) is 6.92 Å². The number of carbonyl (C=O) groups is 2. The molecular formula is C19H25N3O3. The van der Waals surface area contributed by atoms with Crippen molar-refractivity contribution >= 4 is 17.6 Å². The number of nitrogens with one attached hydrogen (secondary N) is 1. The summed E-state index contributed by atoms with van der Waals surface area (Å²) in [7, 11) is 0. The van der Waals surface area contributed by atoms with Crippen molar-refractivity contribution in [2.45, 2.75) is 32.6 Å². The molecule has 1 atom stereocenters. The van der Waals surface area contributed by atoms with Crippen LogP contribution in [0.3, 0.4) is 0 Å². The Hall–Kier alpha value is -2.39. The Balaban J connectivity index is 1.93. The monoisotopic (exact) mass is 343 g/mol. The molecule has 0 spiro atoms. The highest BCUT2D eigenvalue weighted by Crippen LogP contribution is 2.19. The summed E-state index contributed by atoms with van der Waals surface area (Å²) in [6.07, 6.45) is 3.04. The maximum absolute atomic E-state index is 12.5. The molecule has 0 aromatic heterocycles. The summed E-state index contributed by atoms with van der Waals surface area (Å²) >= 11 is 0. The van der Waals surface area contributed by atoms with E-state index >= 15 is 0 Å². The summed E-state index contributed by atoms with van der Waals surface area (Å²) < 4.78 is 5.12. The van der Waals surface area contributed by atoms with Crippen molar-refractivity contribution in [3.05, 3.63) is 29.8 Å². The van der Waals surface area contributed by atoms with Crippen molar-refractivity contribution < 1.29 is 14.3 Å². The average Bonchev–Trinajstić information content (AvgIpc) is 2.64. The molecule has 1 fully saturated rings. The lowest BCUT2D eigenvalue weighted by Gasteiger charge is -2.31. The van der Waals surface area contributed by atoms with E-state index < -0.39 is 0 Å². The number of hydrogen-bond acceptors (Lipinski definition) is 5. The van der Waals surface area contributed by atoms with Gasteiger partial charge < -0.3 is 15.0 Å². The lowest BCUT2D eigenvalue weighted by molar-refractivity contribution is -0.121. The number of benzene rings is 1. The Bertz CT molecular complexity index is 639. The lowest BCUT2D eigenvalue weighted by atomic mass is 9.97. The number of ether oxygens (including phenoxy) is 1. The van der Waals surface area contributed by atoms with Crippen LogP contribution < -0.4 is 5.32 Å². The molecule has 25 heavy (non-hydrogen) atoms. The van der Waals surface area contributed by atoms with E-state index in [9.17, 15) is 9.59 Å². The molecule has 1 aromatic rings. The first-order valence-corrected chi connectivity index (χ1v) is 8.81. The molecule has 2 rings (SSSR count). The van der Waals surface area contributed by atoms with Gasteiger partial charge in [0.25, 0.3) is 0 Å². The Morgan fingerprint density at radius 3 is 3.04 bits per heavy atom. The Morgan fingerprint density at radius 2 is 2.28 bits per heavy atom. The molecule has 1 heterocycles. The first-order valence-electron chi connectivity index (χ1n) is 8.81. The molecule has 1 amide bonds. The highest BCUT2D eigenvalue weighted by molar-refractivity contribution is 5.95. The van der Waals surface area contributed by atoms with Gasteiger partial charge in [0, 0.05) is 25.2 Å². The molecule has 1 unspecified atom stereocenters. The molecule has 6 heteroatoms. The van der Waals surface area contributed by atoms with E-state index in [0.29, 0.717) is 37.4 Å². The van der Waals surface area contributed by atoms with Gasteiger partial charge in [0.15, 0.2) is 0 Å². The summed E-state index contributed by atoms with van der Waals surface area (Å²) in [4.78, 5) is 26.6. The van der Waals surface area contributed by atoms with Gasteiger partial charge in [-0.15, -0.1) is 0 Å². The van der Waals surface area contributed by atoms with Crippen LogP contribution in [0.5, 0.6) is 0 Å². The molecule has 1 aromatic carbocycles. The predicted molar refractivity (Wildman–Crippen MR) is 95.0 cm³/mol. The van der Waals surface area contributed by atoms with Crippen LogP contribution in [0.15, 0.2) is 24.3 Å². The molecular weight excluding hydrogens is 318 g/mol. The van der Waals surface area contributed by atoms with Gasteiger partial charge >= 0.3 is 5.97 Å². The molecule has 0 radical (unpaired) electrons. The third kappa shape index (κ3) is 5.87. The fraction of sp³-hybridized carbons (Fsp3) is 0.526. The molecule has 1 aliphatic heterocycles. The van der Waals surface area contributed by atoms with E-state index in [1.54, 1.807) is 24.3 Å². The second-order valence-corrected chi connectivity index (χ2v) is 6.25. The standard InChI is InChI=1S/C19H25N3O3/c1-2-12-25-19(24)15-6-3-8-17(13-15)21-18(23)16-7-4-10-22(14-16)11-5-9-20/h3,6,8,13,16H,2,4-5,7,10-12,14H2,1H3,(H,21,23). The van der Waals surface area contributed by atoms with Crippen LogP contribution >= 0.6 is 0 Å². The molecule has 1 aliphatic rings. The highest BCUT2D eigenvalue weighted by Gasteiger charge is 2.25. The number of nitriles is 1. The average molecular weight is 343 g/mol. The van der Waals surface area contributed by atoms with Gasteiger partial charge in [0.1, 0.15) is 0 Å². The van der Waals surface area contributed by atoms with Crippen LogP contribution in [0.25, 0.3) is 0 Å². The Labute approximate surface area is 148 Å². The smallest absolute Gasteiger partial charge is 0.338 e. The molecule has 1 N–H and O–H groups in total. The van der Waals surface area contributed by atoms with Gasteiger partial charge in [-0.2, -0.15) is 5.26 Å². The number of piperidine rings is 1. The van der Waals surface area contributed by atoms with Crippen molar-refractivity contribution in [2.24, 2.45) is 5.92 Å². The summed E-state index contributed by atoms with van der Waals surface area (Å²) in [6, 6.07) is 8.97. The van der Waals surface area contributed by atoms with Crippen molar-refractivity contribution in [3.8, 4) is 6.07 Å². The molecule has 6 nitrogen and oxygen atoms in total. The van der Waals surface area contributed by atoms with Crippen LogP contribution in [0.4, 0.5) is 5.69 Å². The van der Waals surface area contributed by atoms with Crippen molar-refractivity contribution in [3.63, 3.8) is 0 Å². The summed E-state index contributed by atoms with van der Waals surface area (Å²) in [5.74, 6) is -0.512. The minimum absolute atomic E-state index is 0.0410. The fourth-order valence-electron chi connectivity index (χ4n) is 2.93. The minimum atomic E-state index is -0.377. The van der Waals surface area contributed by atoms with Crippen molar-refractivity contribution in [1.82, 2.24) is 4.90 Å². The SMILES string of the molecule is CCCOC(=O)c1cccc(NC(=O)C2CCCN(CCC#N)C2)c1. The summed E-state index contributed by atoms with van der Waals surface area (Å²) in [6.45, 7) is 4.64. The van der Waals surface area contributed by atoms with Crippen LogP contribution in [-0.2, 0) is 9.53 Å². The second-order valence-electron chi connectivity index (χ2n) is 6.25. The lowest BCUT2D eigenvalue weighted by Crippen LogP contribution is -2.41. The summed E-state index contributed by atoms with van der Waals surface area (Å²) in [5.41, 5.74) is 1.04. The van der Waals surface area contributed by atoms with E-state index in [4.69, 9.17) is 10.00 Å². The van der Waals surface area contributed by atoms with E-state index in [2.05, 4.69) is 16.3 Å². The molecule has 0 aliphatic carbocycles. The zero-order valence-corrected chi connectivity index (χ0v) is 14.7. The van der Waals surface area contributed by atoms with Crippen LogP contribution in [0.2, 0.25) is 0 Å². The number of likely N-dealkylation sites (tertiary alicyclic amines) is 1. The number of carbonyl (C=O) groups excluding carboxylic acids is 2. The number of rotatable bonds is 7. The van der Waals surface area contributed by atoms with Gasteiger partial charge in [0.05, 0.1) is 24.2 Å².